The van der Waals surface area contributed by atoms with Crippen molar-refractivity contribution in [2.75, 3.05) is 24.2 Å². The van der Waals surface area contributed by atoms with Crippen molar-refractivity contribution in [1.82, 2.24) is 4.90 Å². The van der Waals surface area contributed by atoms with E-state index in [1.54, 1.807) is 61.6 Å². The second kappa shape index (κ2) is 8.64. The molecule has 0 atom stereocenters. The summed E-state index contributed by atoms with van der Waals surface area (Å²) in [5.41, 5.74) is 2.13. The molecule has 1 aliphatic heterocycles. The Kier molecular flexibility index (Phi) is 5.74. The Morgan fingerprint density at radius 1 is 0.875 bits per heavy atom. The fourth-order valence-electron chi connectivity index (χ4n) is 3.26. The van der Waals surface area contributed by atoms with Gasteiger partial charge in [0.1, 0.15) is 4.90 Å². The topological polar surface area (TPSA) is 108 Å². The predicted octanol–water partition coefficient (Wildman–Crippen LogP) is 2.96. The van der Waals surface area contributed by atoms with Crippen molar-refractivity contribution in [3.05, 3.63) is 90.0 Å². The molecule has 0 aromatic heterocycles. The monoisotopic (exact) mass is 448 g/mol. The number of nitrogens with zero attached hydrogens (tertiary/aromatic N) is 2. The second-order valence-electron chi connectivity index (χ2n) is 7.19. The van der Waals surface area contributed by atoms with Gasteiger partial charge in [0.2, 0.25) is 5.91 Å². The second-order valence-corrected chi connectivity index (χ2v) is 8.76. The van der Waals surface area contributed by atoms with Gasteiger partial charge in [-0.1, -0.05) is 30.3 Å². The number of carbonyl (C=O) groups is 2. The third kappa shape index (κ3) is 4.52. The van der Waals surface area contributed by atoms with E-state index in [0.29, 0.717) is 22.5 Å². The summed E-state index contributed by atoms with van der Waals surface area (Å²) in [7, 11) is -2.17. The van der Waals surface area contributed by atoms with Crippen molar-refractivity contribution in [1.29, 1.82) is 0 Å². The Balaban J connectivity index is 1.40. The number of sulfonamides is 1. The normalized spacial score (nSPS) is 13.6. The van der Waals surface area contributed by atoms with E-state index in [4.69, 9.17) is 0 Å². The van der Waals surface area contributed by atoms with Crippen LogP contribution in [0.15, 0.2) is 88.2 Å². The summed E-state index contributed by atoms with van der Waals surface area (Å²) in [5, 5.41) is 5.73. The van der Waals surface area contributed by atoms with Gasteiger partial charge in [0.05, 0.1) is 6.54 Å². The maximum atomic E-state index is 12.7. The summed E-state index contributed by atoms with van der Waals surface area (Å²) in [6, 6.07) is 22.1. The summed E-state index contributed by atoms with van der Waals surface area (Å²) in [5.74, 6) is -0.385. The quantitative estimate of drug-likeness (QED) is 0.624. The molecule has 0 saturated heterocycles. The smallest absolute Gasteiger partial charge is 0.285 e. The van der Waals surface area contributed by atoms with E-state index in [0.717, 1.165) is 0 Å². The van der Waals surface area contributed by atoms with Crippen LogP contribution in [0.5, 0.6) is 0 Å². The van der Waals surface area contributed by atoms with Crippen molar-refractivity contribution in [2.45, 2.75) is 4.90 Å². The lowest BCUT2D eigenvalue weighted by molar-refractivity contribution is -0.116. The van der Waals surface area contributed by atoms with E-state index in [-0.39, 0.29) is 29.1 Å². The lowest BCUT2D eigenvalue weighted by atomic mass is 10.1. The number of amides is 2. The van der Waals surface area contributed by atoms with Crippen molar-refractivity contribution < 1.29 is 18.0 Å². The van der Waals surface area contributed by atoms with Gasteiger partial charge in [-0.3, -0.25) is 9.59 Å². The minimum absolute atomic E-state index is 0.0980. The zero-order valence-electron chi connectivity index (χ0n) is 17.1. The lowest BCUT2D eigenvalue weighted by Gasteiger charge is -2.17. The van der Waals surface area contributed by atoms with Gasteiger partial charge >= 0.3 is 0 Å². The zero-order chi connectivity index (χ0) is 22.7. The maximum Gasteiger partial charge on any atom is 0.285 e. The van der Waals surface area contributed by atoms with Crippen molar-refractivity contribution in [3.63, 3.8) is 0 Å². The van der Waals surface area contributed by atoms with Gasteiger partial charge < -0.3 is 15.5 Å². The molecule has 4 rings (SSSR count). The fourth-order valence-corrected chi connectivity index (χ4v) is 4.43. The van der Waals surface area contributed by atoms with Crippen LogP contribution in [-0.4, -0.2) is 44.6 Å². The van der Waals surface area contributed by atoms with Crippen LogP contribution in [-0.2, 0) is 14.8 Å². The maximum absolute atomic E-state index is 12.7. The SMILES string of the molecule is CN(CC(=O)Nc1ccccc1)C(=O)c1ccc(NC2=NS(=O)(=O)c3ccccc32)cc1. The van der Waals surface area contributed by atoms with Gasteiger partial charge in [0, 0.05) is 29.5 Å². The molecular weight excluding hydrogens is 428 g/mol. The molecule has 2 N–H and O–H groups in total. The molecule has 162 valence electrons. The molecular formula is C23H20N4O4S. The van der Waals surface area contributed by atoms with Crippen LogP contribution < -0.4 is 10.6 Å². The molecule has 0 radical (unpaired) electrons. The molecule has 0 spiro atoms. The summed E-state index contributed by atoms with van der Waals surface area (Å²) in [6.07, 6.45) is 0. The van der Waals surface area contributed by atoms with Gasteiger partial charge in [-0.2, -0.15) is 8.42 Å². The fraction of sp³-hybridized carbons (Fsp3) is 0.0870. The Morgan fingerprint density at radius 3 is 2.25 bits per heavy atom. The summed E-state index contributed by atoms with van der Waals surface area (Å²) in [6.45, 7) is -0.0980. The first-order chi connectivity index (χ1) is 15.3. The Morgan fingerprint density at radius 2 is 1.53 bits per heavy atom. The van der Waals surface area contributed by atoms with Crippen LogP contribution in [0.2, 0.25) is 0 Å². The Labute approximate surface area is 185 Å². The van der Waals surface area contributed by atoms with Gasteiger partial charge in [0.15, 0.2) is 5.84 Å². The third-order valence-corrected chi connectivity index (χ3v) is 6.15. The molecule has 1 aliphatic rings. The molecule has 2 amide bonds. The number of fused-ring (bicyclic) bond motifs is 1. The minimum Gasteiger partial charge on any atom is -0.339 e. The summed E-state index contributed by atoms with van der Waals surface area (Å²) in [4.78, 5) is 26.3. The molecule has 0 aliphatic carbocycles. The highest BCUT2D eigenvalue weighted by molar-refractivity contribution is 7.90. The number of hydrogen-bond acceptors (Lipinski definition) is 5. The summed E-state index contributed by atoms with van der Waals surface area (Å²) < 4.78 is 28.1. The largest absolute Gasteiger partial charge is 0.339 e. The van der Waals surface area contributed by atoms with E-state index in [2.05, 4.69) is 15.0 Å². The molecule has 0 unspecified atom stereocenters. The van der Waals surface area contributed by atoms with Crippen molar-refractivity contribution in [2.24, 2.45) is 4.40 Å². The van der Waals surface area contributed by atoms with Crippen LogP contribution >= 0.6 is 0 Å². The van der Waals surface area contributed by atoms with Crippen molar-refractivity contribution >= 4 is 39.0 Å². The van der Waals surface area contributed by atoms with Gasteiger partial charge in [0.25, 0.3) is 15.9 Å². The standard InChI is InChI=1S/C23H20N4O4S/c1-27(15-21(28)24-17-7-3-2-4-8-17)23(29)16-11-13-18(14-12-16)25-22-19-9-5-6-10-20(19)32(30,31)26-22/h2-14H,15H2,1H3,(H,24,28)(H,25,26). The number of carbonyl (C=O) groups excluding carboxylic acids is 2. The summed E-state index contributed by atoms with van der Waals surface area (Å²) >= 11 is 0. The highest BCUT2D eigenvalue weighted by atomic mass is 32.2. The Bertz CT molecular complexity index is 1300. The van der Waals surface area contributed by atoms with Gasteiger partial charge in [-0.05, 0) is 48.5 Å². The van der Waals surface area contributed by atoms with Crippen molar-refractivity contribution in [3.8, 4) is 0 Å². The zero-order valence-corrected chi connectivity index (χ0v) is 18.0. The number of hydrogen-bond donors (Lipinski definition) is 2. The third-order valence-electron chi connectivity index (χ3n) is 4.81. The molecule has 3 aromatic rings. The molecule has 9 heteroatoms. The van der Waals surface area contributed by atoms with Crippen LogP contribution in [0.25, 0.3) is 0 Å². The number of anilines is 2. The number of nitrogens with one attached hydrogen (secondary N) is 2. The van der Waals surface area contributed by atoms with Crippen LogP contribution in [0.4, 0.5) is 11.4 Å². The Hall–Kier alpha value is -3.98. The molecule has 32 heavy (non-hydrogen) atoms. The van der Waals surface area contributed by atoms with Crippen LogP contribution in [0, 0.1) is 0 Å². The highest BCUT2D eigenvalue weighted by Gasteiger charge is 2.28. The van der Waals surface area contributed by atoms with Gasteiger partial charge in [-0.15, -0.1) is 4.40 Å². The van der Waals surface area contributed by atoms with E-state index < -0.39 is 10.0 Å². The average Bonchev–Trinajstić information content (AvgIpc) is 3.04. The molecule has 0 fully saturated rings. The van der Waals surface area contributed by atoms with Crippen LogP contribution in [0.1, 0.15) is 15.9 Å². The number of rotatable bonds is 5. The number of amidine groups is 1. The minimum atomic E-state index is -3.72. The molecule has 0 bridgehead atoms. The van der Waals surface area contributed by atoms with E-state index in [1.165, 1.54) is 11.0 Å². The van der Waals surface area contributed by atoms with E-state index in [9.17, 15) is 18.0 Å². The van der Waals surface area contributed by atoms with E-state index >= 15 is 0 Å². The lowest BCUT2D eigenvalue weighted by Crippen LogP contribution is -2.34. The van der Waals surface area contributed by atoms with Gasteiger partial charge in [-0.25, -0.2) is 0 Å². The molecule has 8 nitrogen and oxygen atoms in total. The molecule has 3 aromatic carbocycles. The first-order valence-corrected chi connectivity index (χ1v) is 11.2. The number of benzene rings is 3. The first kappa shape index (κ1) is 21.3. The van der Waals surface area contributed by atoms with E-state index in [1.807, 2.05) is 18.2 Å². The average molecular weight is 449 g/mol. The number of likely N-dealkylation sites (N-methyl/N-ethyl adjacent to an activating group) is 1. The predicted molar refractivity (Wildman–Crippen MR) is 122 cm³/mol. The highest BCUT2D eigenvalue weighted by Crippen LogP contribution is 2.26. The first-order valence-electron chi connectivity index (χ1n) is 9.75. The number of para-hydroxylation sites is 1. The molecule has 0 saturated carbocycles. The molecule has 1 heterocycles. The van der Waals surface area contributed by atoms with Crippen LogP contribution in [0.3, 0.4) is 0 Å².